The Hall–Kier alpha value is -0.830. The van der Waals surface area contributed by atoms with Crippen molar-refractivity contribution in [1.82, 2.24) is 10.2 Å². The molecule has 4 rings (SSSR count). The van der Waals surface area contributed by atoms with E-state index in [2.05, 4.69) is 45.1 Å². The third-order valence-corrected chi connectivity index (χ3v) is 11.3. The molecule has 0 unspecified atom stereocenters. The van der Waals surface area contributed by atoms with Crippen LogP contribution in [0, 0.1) is 40.4 Å². The average molecular weight is 429 g/mol. The van der Waals surface area contributed by atoms with Crippen LogP contribution in [0.2, 0.25) is 0 Å². The summed E-state index contributed by atoms with van der Waals surface area (Å²) in [4.78, 5) is 14.9. The Kier molecular flexibility index (Phi) is 6.40. The van der Waals surface area contributed by atoms with Gasteiger partial charge in [0.25, 0.3) is 0 Å². The first-order chi connectivity index (χ1) is 14.6. The molecule has 0 saturated heterocycles. The molecule has 0 heterocycles. The molecule has 3 heteroatoms. The van der Waals surface area contributed by atoms with Gasteiger partial charge in [-0.2, -0.15) is 0 Å². The second kappa shape index (κ2) is 8.50. The maximum atomic E-state index is 12.4. The van der Waals surface area contributed by atoms with E-state index in [0.717, 1.165) is 35.2 Å². The van der Waals surface area contributed by atoms with Crippen molar-refractivity contribution in [2.45, 2.75) is 104 Å². The van der Waals surface area contributed by atoms with Crippen LogP contribution in [0.15, 0.2) is 11.6 Å². The topological polar surface area (TPSA) is 32.3 Å². The van der Waals surface area contributed by atoms with Gasteiger partial charge >= 0.3 is 0 Å². The van der Waals surface area contributed by atoms with E-state index in [1.54, 1.807) is 0 Å². The summed E-state index contributed by atoms with van der Waals surface area (Å²) in [5.41, 5.74) is 1.89. The molecule has 1 N–H and O–H groups in total. The highest BCUT2D eigenvalue weighted by molar-refractivity contribution is 5.92. The van der Waals surface area contributed by atoms with Gasteiger partial charge in [-0.3, -0.25) is 4.79 Å². The fourth-order valence-electron chi connectivity index (χ4n) is 9.01. The Morgan fingerprint density at radius 1 is 1.00 bits per heavy atom. The average Bonchev–Trinajstić information content (AvgIpc) is 3.09. The quantitative estimate of drug-likeness (QED) is 0.553. The molecule has 0 aromatic heterocycles. The van der Waals surface area contributed by atoms with Crippen LogP contribution < -0.4 is 5.32 Å². The van der Waals surface area contributed by atoms with E-state index >= 15 is 0 Å². The molecule has 0 aromatic carbocycles. The molecule has 176 valence electrons. The predicted octanol–water partition coefficient (Wildman–Crippen LogP) is 6.05. The molecular weight excluding hydrogens is 380 g/mol. The van der Waals surface area contributed by atoms with Gasteiger partial charge in [0.2, 0.25) is 5.91 Å². The maximum absolute atomic E-state index is 12.4. The highest BCUT2D eigenvalue weighted by atomic mass is 16.1. The third-order valence-electron chi connectivity index (χ3n) is 11.3. The molecule has 9 atom stereocenters. The van der Waals surface area contributed by atoms with Gasteiger partial charge in [-0.25, -0.2) is 0 Å². The van der Waals surface area contributed by atoms with Gasteiger partial charge in [0, 0.05) is 17.7 Å². The molecule has 31 heavy (non-hydrogen) atoms. The molecule has 3 nitrogen and oxygen atoms in total. The number of allylic oxidation sites excluding steroid dienone is 1. The van der Waals surface area contributed by atoms with Crippen LogP contribution in [0.5, 0.6) is 0 Å². The predicted molar refractivity (Wildman–Crippen MR) is 130 cm³/mol. The summed E-state index contributed by atoms with van der Waals surface area (Å²) in [5.74, 6) is 4.58. The number of hydrogen-bond donors (Lipinski definition) is 1. The number of nitrogens with one attached hydrogen (secondary N) is 1. The summed E-state index contributed by atoms with van der Waals surface area (Å²) in [6.07, 6.45) is 14.2. The summed E-state index contributed by atoms with van der Waals surface area (Å²) < 4.78 is 0. The summed E-state index contributed by atoms with van der Waals surface area (Å²) in [7, 11) is 4.54. The second-order valence-corrected chi connectivity index (χ2v) is 12.5. The number of carbonyl (C=O) groups is 1. The number of carbonyl (C=O) groups excluding carboxylic acids is 1. The lowest BCUT2D eigenvalue weighted by atomic mass is 9.44. The van der Waals surface area contributed by atoms with E-state index in [0.29, 0.717) is 22.9 Å². The molecule has 1 amide bonds. The largest absolute Gasteiger partial charge is 0.350 e. The van der Waals surface area contributed by atoms with Crippen LogP contribution >= 0.6 is 0 Å². The van der Waals surface area contributed by atoms with E-state index in [4.69, 9.17) is 0 Å². The highest BCUT2D eigenvalue weighted by Crippen LogP contribution is 2.67. The number of hydrogen-bond acceptors (Lipinski definition) is 2. The highest BCUT2D eigenvalue weighted by Gasteiger charge is 2.60. The van der Waals surface area contributed by atoms with Crippen molar-refractivity contribution in [1.29, 1.82) is 0 Å². The van der Waals surface area contributed by atoms with Gasteiger partial charge in [-0.1, -0.05) is 19.9 Å². The smallest absolute Gasteiger partial charge is 0.246 e. The minimum absolute atomic E-state index is 0.144. The summed E-state index contributed by atoms with van der Waals surface area (Å²) in [6.45, 7) is 11.7. The third kappa shape index (κ3) is 3.81. The molecule has 4 fully saturated rings. The standard InChI is InChI=1S/C28H48N2O/c1-8-18(2)26(31)29-21-13-15-27(4)20(17-21)9-10-22-24-12-11-23(19(3)30(6)7)28(24,5)16-14-25(22)27/h8,19-25H,9-17H2,1-7H3,(H,29,31)/b18-8+/t19-,20-,21-,22-,23+,24-,25-,27-,28+/m0/s1. The molecule has 0 spiro atoms. The van der Waals surface area contributed by atoms with Gasteiger partial charge in [0.15, 0.2) is 0 Å². The first kappa shape index (κ1) is 23.3. The fraction of sp³-hybridized carbons (Fsp3) is 0.893. The Bertz CT molecular complexity index is 714. The minimum atomic E-state index is 0.144. The second-order valence-electron chi connectivity index (χ2n) is 12.5. The molecule has 4 aliphatic rings. The molecule has 0 aromatic rings. The van der Waals surface area contributed by atoms with Crippen LogP contribution in [-0.4, -0.2) is 37.0 Å². The summed E-state index contributed by atoms with van der Waals surface area (Å²) in [5, 5.41) is 3.35. The summed E-state index contributed by atoms with van der Waals surface area (Å²) in [6, 6.07) is 1.07. The van der Waals surface area contributed by atoms with E-state index in [9.17, 15) is 4.79 Å². The molecule has 0 bridgehead atoms. The lowest BCUT2D eigenvalue weighted by molar-refractivity contribution is -0.125. The van der Waals surface area contributed by atoms with Gasteiger partial charge in [0.1, 0.15) is 0 Å². The zero-order chi connectivity index (χ0) is 22.6. The Balaban J connectivity index is 1.47. The summed E-state index contributed by atoms with van der Waals surface area (Å²) >= 11 is 0. The first-order valence-corrected chi connectivity index (χ1v) is 13.2. The van der Waals surface area contributed by atoms with E-state index < -0.39 is 0 Å². The van der Waals surface area contributed by atoms with Crippen LogP contribution in [0.1, 0.15) is 92.4 Å². The minimum Gasteiger partial charge on any atom is -0.350 e. The van der Waals surface area contributed by atoms with Gasteiger partial charge in [0.05, 0.1) is 0 Å². The molecule has 0 aliphatic heterocycles. The lowest BCUT2D eigenvalue weighted by Crippen LogP contribution is -2.56. The fourth-order valence-corrected chi connectivity index (χ4v) is 9.01. The van der Waals surface area contributed by atoms with Crippen molar-refractivity contribution in [3.05, 3.63) is 11.6 Å². The maximum Gasteiger partial charge on any atom is 0.246 e. The van der Waals surface area contributed by atoms with Gasteiger partial charge in [-0.05, 0) is 133 Å². The number of fused-ring (bicyclic) bond motifs is 5. The normalized spacial score (nSPS) is 46.1. The molecular formula is C28H48N2O. The number of amides is 1. The lowest BCUT2D eigenvalue weighted by Gasteiger charge is -2.61. The number of nitrogens with zero attached hydrogens (tertiary/aromatic N) is 1. The van der Waals surface area contributed by atoms with Crippen molar-refractivity contribution >= 4 is 5.91 Å². The zero-order valence-electron chi connectivity index (χ0n) is 21.3. The van der Waals surface area contributed by atoms with Crippen molar-refractivity contribution in [2.75, 3.05) is 14.1 Å². The first-order valence-electron chi connectivity index (χ1n) is 13.2. The molecule has 0 radical (unpaired) electrons. The zero-order valence-corrected chi connectivity index (χ0v) is 21.3. The van der Waals surface area contributed by atoms with Crippen molar-refractivity contribution < 1.29 is 4.79 Å². The molecule has 4 aliphatic carbocycles. The van der Waals surface area contributed by atoms with E-state index in [1.807, 2.05) is 19.9 Å². The van der Waals surface area contributed by atoms with Crippen molar-refractivity contribution in [2.24, 2.45) is 40.4 Å². The van der Waals surface area contributed by atoms with Crippen LogP contribution in [0.3, 0.4) is 0 Å². The van der Waals surface area contributed by atoms with Crippen molar-refractivity contribution in [3.63, 3.8) is 0 Å². The van der Waals surface area contributed by atoms with Crippen LogP contribution in [-0.2, 0) is 4.79 Å². The Morgan fingerprint density at radius 2 is 1.68 bits per heavy atom. The monoisotopic (exact) mass is 428 g/mol. The van der Waals surface area contributed by atoms with Gasteiger partial charge in [-0.15, -0.1) is 0 Å². The Labute approximate surface area is 191 Å². The van der Waals surface area contributed by atoms with Crippen molar-refractivity contribution in [3.8, 4) is 0 Å². The van der Waals surface area contributed by atoms with E-state index in [-0.39, 0.29) is 5.91 Å². The van der Waals surface area contributed by atoms with Crippen LogP contribution in [0.4, 0.5) is 0 Å². The van der Waals surface area contributed by atoms with Gasteiger partial charge < -0.3 is 10.2 Å². The molecule has 4 saturated carbocycles. The van der Waals surface area contributed by atoms with E-state index in [1.165, 1.54) is 57.8 Å². The van der Waals surface area contributed by atoms with Crippen LogP contribution in [0.25, 0.3) is 0 Å². The number of rotatable bonds is 4. The Morgan fingerprint density at radius 3 is 2.35 bits per heavy atom. The SMILES string of the molecule is C/C=C(\C)C(=O)N[C@H]1CC[C@@]2(C)[C@@H](CC[C@@H]3[C@@H]2CC[C@]2(C)[C@@H]([C@H](C)N(C)C)CC[C@@H]32)C1.